The molecule has 102 valence electrons. The molecule has 1 aliphatic carbocycles. The van der Waals surface area contributed by atoms with Gasteiger partial charge in [-0.1, -0.05) is 25.2 Å². The van der Waals surface area contributed by atoms with Crippen LogP contribution in [0.1, 0.15) is 42.5 Å². The zero-order valence-electron chi connectivity index (χ0n) is 11.3. The third-order valence-electron chi connectivity index (χ3n) is 3.73. The Hall–Kier alpha value is -1.36. The van der Waals surface area contributed by atoms with Crippen LogP contribution in [-0.4, -0.2) is 9.55 Å². The number of oxazole rings is 1. The molecule has 0 N–H and O–H groups in total. The number of thiazole rings is 1. The number of fused-ring (bicyclic) bond motifs is 1. The van der Waals surface area contributed by atoms with Crippen molar-refractivity contribution in [3.8, 4) is 0 Å². The first-order valence-electron chi connectivity index (χ1n) is 6.82. The van der Waals surface area contributed by atoms with E-state index in [0.717, 1.165) is 31.4 Å². The Morgan fingerprint density at radius 3 is 3.16 bits per heavy atom. The number of nitrogens with zero attached hydrogens (tertiary/aromatic N) is 2. The van der Waals surface area contributed by atoms with Crippen LogP contribution in [0.15, 0.2) is 15.4 Å². The van der Waals surface area contributed by atoms with Gasteiger partial charge in [-0.2, -0.15) is 0 Å². The van der Waals surface area contributed by atoms with Crippen molar-refractivity contribution in [3.05, 3.63) is 38.1 Å². The van der Waals surface area contributed by atoms with E-state index in [9.17, 15) is 4.79 Å². The summed E-state index contributed by atoms with van der Waals surface area (Å²) in [6, 6.07) is 0. The van der Waals surface area contributed by atoms with Crippen LogP contribution in [0.3, 0.4) is 0 Å². The second-order valence-corrected chi connectivity index (χ2v) is 6.29. The molecule has 0 amide bonds. The molecule has 0 aliphatic heterocycles. The van der Waals surface area contributed by atoms with Gasteiger partial charge in [0.1, 0.15) is 12.3 Å². The van der Waals surface area contributed by atoms with Gasteiger partial charge in [-0.25, -0.2) is 4.98 Å². The van der Waals surface area contributed by atoms with E-state index >= 15 is 0 Å². The van der Waals surface area contributed by atoms with Crippen molar-refractivity contribution in [3.63, 3.8) is 0 Å². The predicted molar refractivity (Wildman–Crippen MR) is 74.8 cm³/mol. The molecule has 0 fully saturated rings. The fourth-order valence-corrected chi connectivity index (χ4v) is 3.79. The van der Waals surface area contributed by atoms with Gasteiger partial charge in [-0.05, 0) is 25.2 Å². The standard InChI is InChI=1S/C14H18N2O2S/c1-3-10-7-15-13(18-10)8-16-11-5-4-9(2)6-12(11)19-14(16)17/h7,9H,3-6,8H2,1-2H3. The summed E-state index contributed by atoms with van der Waals surface area (Å²) in [4.78, 5) is 17.7. The Morgan fingerprint density at radius 1 is 1.58 bits per heavy atom. The van der Waals surface area contributed by atoms with E-state index in [-0.39, 0.29) is 4.87 Å². The van der Waals surface area contributed by atoms with E-state index in [4.69, 9.17) is 4.42 Å². The summed E-state index contributed by atoms with van der Waals surface area (Å²) >= 11 is 1.39. The predicted octanol–water partition coefficient (Wildman–Crippen LogP) is 2.63. The highest BCUT2D eigenvalue weighted by Gasteiger charge is 2.22. The Bertz CT molecular complexity index is 638. The summed E-state index contributed by atoms with van der Waals surface area (Å²) < 4.78 is 7.45. The second kappa shape index (κ2) is 4.96. The van der Waals surface area contributed by atoms with Gasteiger partial charge < -0.3 is 4.42 Å². The van der Waals surface area contributed by atoms with Crippen LogP contribution in [0.25, 0.3) is 0 Å². The van der Waals surface area contributed by atoms with E-state index in [0.29, 0.717) is 18.4 Å². The van der Waals surface area contributed by atoms with E-state index < -0.39 is 0 Å². The van der Waals surface area contributed by atoms with Gasteiger partial charge in [0, 0.05) is 17.0 Å². The van der Waals surface area contributed by atoms with E-state index in [1.165, 1.54) is 21.9 Å². The number of hydrogen-bond acceptors (Lipinski definition) is 4. The summed E-state index contributed by atoms with van der Waals surface area (Å²) in [5.41, 5.74) is 1.20. The SMILES string of the molecule is CCc1cnc(Cn2c3c(sc2=O)CC(C)CC3)o1. The zero-order chi connectivity index (χ0) is 13.4. The lowest BCUT2D eigenvalue weighted by Crippen LogP contribution is -2.19. The third kappa shape index (κ3) is 2.39. The zero-order valence-corrected chi connectivity index (χ0v) is 12.1. The molecule has 1 aliphatic rings. The van der Waals surface area contributed by atoms with E-state index in [2.05, 4.69) is 11.9 Å². The maximum Gasteiger partial charge on any atom is 0.308 e. The molecule has 0 spiro atoms. The second-order valence-electron chi connectivity index (χ2n) is 5.25. The Balaban J connectivity index is 1.91. The Kier molecular flexibility index (Phi) is 3.31. The largest absolute Gasteiger partial charge is 0.444 e. The molecular weight excluding hydrogens is 260 g/mol. The molecule has 2 aromatic heterocycles. The molecule has 2 aromatic rings. The van der Waals surface area contributed by atoms with Gasteiger partial charge in [-0.3, -0.25) is 9.36 Å². The minimum absolute atomic E-state index is 0.121. The average Bonchev–Trinajstić information content (AvgIpc) is 2.95. The fraction of sp³-hybridized carbons (Fsp3) is 0.571. The van der Waals surface area contributed by atoms with E-state index in [1.807, 2.05) is 11.5 Å². The molecule has 0 saturated heterocycles. The highest BCUT2D eigenvalue weighted by atomic mass is 32.1. The van der Waals surface area contributed by atoms with Crippen molar-refractivity contribution in [1.82, 2.24) is 9.55 Å². The maximum atomic E-state index is 12.1. The van der Waals surface area contributed by atoms with Crippen molar-refractivity contribution in [1.29, 1.82) is 0 Å². The number of hydrogen-bond donors (Lipinski definition) is 0. The summed E-state index contributed by atoms with van der Waals surface area (Å²) in [7, 11) is 0. The Labute approximate surface area is 116 Å². The van der Waals surface area contributed by atoms with E-state index in [1.54, 1.807) is 6.20 Å². The van der Waals surface area contributed by atoms with Crippen molar-refractivity contribution >= 4 is 11.3 Å². The molecule has 1 atom stereocenters. The maximum absolute atomic E-state index is 12.1. The molecule has 2 heterocycles. The summed E-state index contributed by atoms with van der Waals surface area (Å²) in [6.07, 6.45) is 5.78. The molecule has 5 heteroatoms. The third-order valence-corrected chi connectivity index (χ3v) is 4.77. The van der Waals surface area contributed by atoms with Gasteiger partial charge >= 0.3 is 4.87 Å². The van der Waals surface area contributed by atoms with Crippen LogP contribution >= 0.6 is 11.3 Å². The topological polar surface area (TPSA) is 48.0 Å². The molecule has 0 bridgehead atoms. The van der Waals surface area contributed by atoms with Gasteiger partial charge in [0.2, 0.25) is 5.89 Å². The first-order chi connectivity index (χ1) is 9.17. The van der Waals surface area contributed by atoms with Gasteiger partial charge in [0.15, 0.2) is 0 Å². The lowest BCUT2D eigenvalue weighted by molar-refractivity contribution is 0.433. The van der Waals surface area contributed by atoms with Gasteiger partial charge in [0.25, 0.3) is 0 Å². The van der Waals surface area contributed by atoms with Crippen LogP contribution in [0.5, 0.6) is 0 Å². The monoisotopic (exact) mass is 278 g/mol. The smallest absolute Gasteiger partial charge is 0.308 e. The molecule has 1 unspecified atom stereocenters. The lowest BCUT2D eigenvalue weighted by Gasteiger charge is -2.18. The fourth-order valence-electron chi connectivity index (χ4n) is 2.60. The molecule has 3 rings (SSSR count). The normalized spacial score (nSPS) is 18.5. The minimum Gasteiger partial charge on any atom is -0.444 e. The lowest BCUT2D eigenvalue weighted by atomic mass is 9.93. The van der Waals surface area contributed by atoms with Crippen molar-refractivity contribution in [2.24, 2.45) is 5.92 Å². The number of aromatic nitrogens is 2. The molecular formula is C14H18N2O2S. The van der Waals surface area contributed by atoms with Crippen molar-refractivity contribution in [2.75, 3.05) is 0 Å². The first kappa shape index (κ1) is 12.7. The van der Waals surface area contributed by atoms with Crippen LogP contribution in [0, 0.1) is 5.92 Å². The van der Waals surface area contributed by atoms with Crippen LogP contribution in [0.4, 0.5) is 0 Å². The molecule has 4 nitrogen and oxygen atoms in total. The average molecular weight is 278 g/mol. The first-order valence-corrected chi connectivity index (χ1v) is 7.64. The van der Waals surface area contributed by atoms with Crippen LogP contribution < -0.4 is 4.87 Å². The summed E-state index contributed by atoms with van der Waals surface area (Å²) in [5.74, 6) is 2.20. The minimum atomic E-state index is 0.121. The quantitative estimate of drug-likeness (QED) is 0.867. The van der Waals surface area contributed by atoms with Gasteiger partial charge in [0.05, 0.1) is 6.20 Å². The molecule has 19 heavy (non-hydrogen) atoms. The number of aryl methyl sites for hydroxylation is 1. The molecule has 0 saturated carbocycles. The summed E-state index contributed by atoms with van der Waals surface area (Å²) in [6.45, 7) is 4.75. The number of rotatable bonds is 3. The Morgan fingerprint density at radius 2 is 2.42 bits per heavy atom. The van der Waals surface area contributed by atoms with Crippen molar-refractivity contribution in [2.45, 2.75) is 46.1 Å². The van der Waals surface area contributed by atoms with Crippen LogP contribution in [-0.2, 0) is 25.8 Å². The highest BCUT2D eigenvalue weighted by Crippen LogP contribution is 2.27. The van der Waals surface area contributed by atoms with Crippen molar-refractivity contribution < 1.29 is 4.42 Å². The molecule has 0 aromatic carbocycles. The summed E-state index contributed by atoms with van der Waals surface area (Å²) in [5, 5.41) is 0. The van der Waals surface area contributed by atoms with Gasteiger partial charge in [-0.15, -0.1) is 0 Å². The molecule has 0 radical (unpaired) electrons. The highest BCUT2D eigenvalue weighted by molar-refractivity contribution is 7.09. The van der Waals surface area contributed by atoms with Crippen LogP contribution in [0.2, 0.25) is 0 Å².